The maximum Gasteiger partial charge on any atom is 0.249 e. The van der Waals surface area contributed by atoms with Gasteiger partial charge in [0.1, 0.15) is 0 Å². The minimum atomic E-state index is -0.163. The van der Waals surface area contributed by atoms with Crippen molar-refractivity contribution < 1.29 is 9.94 Å². The van der Waals surface area contributed by atoms with Crippen LogP contribution in [-0.4, -0.2) is 30.8 Å². The van der Waals surface area contributed by atoms with E-state index in [1.165, 1.54) is 12.4 Å². The second-order valence-electron chi connectivity index (χ2n) is 3.74. The van der Waals surface area contributed by atoms with Gasteiger partial charge in [-0.25, -0.2) is 9.97 Å². The van der Waals surface area contributed by atoms with Crippen molar-refractivity contribution in [3.8, 4) is 11.6 Å². The monoisotopic (exact) mass is 262 g/mol. The standard InChI is InChI=1S/C11H14N6O2/c1-2-5-17-7-8(6-15-17)19-11-9(10(12)16-18)13-3-4-14-11/h3-4,6-7,18H,2,5H2,1H3,(H2,12,16). The first-order valence-electron chi connectivity index (χ1n) is 5.73. The van der Waals surface area contributed by atoms with E-state index < -0.39 is 0 Å². The molecule has 0 spiro atoms. The van der Waals surface area contributed by atoms with Gasteiger partial charge in [-0.05, 0) is 6.42 Å². The fraction of sp³-hybridized carbons (Fsp3) is 0.273. The fourth-order valence-corrected chi connectivity index (χ4v) is 1.48. The molecular weight excluding hydrogens is 248 g/mol. The van der Waals surface area contributed by atoms with Crippen LogP contribution in [0.25, 0.3) is 0 Å². The third kappa shape index (κ3) is 2.97. The average Bonchev–Trinajstić information content (AvgIpc) is 2.86. The first kappa shape index (κ1) is 12.8. The topological polar surface area (TPSA) is 111 Å². The number of ether oxygens (including phenoxy) is 1. The number of aromatic nitrogens is 4. The van der Waals surface area contributed by atoms with Gasteiger partial charge in [-0.15, -0.1) is 0 Å². The largest absolute Gasteiger partial charge is 0.434 e. The van der Waals surface area contributed by atoms with Crippen molar-refractivity contribution in [2.45, 2.75) is 19.9 Å². The molecule has 0 aromatic carbocycles. The maximum absolute atomic E-state index is 8.68. The Balaban J connectivity index is 2.22. The van der Waals surface area contributed by atoms with Gasteiger partial charge in [0.25, 0.3) is 0 Å². The van der Waals surface area contributed by atoms with Crippen molar-refractivity contribution in [2.75, 3.05) is 0 Å². The van der Waals surface area contributed by atoms with E-state index in [-0.39, 0.29) is 17.4 Å². The summed E-state index contributed by atoms with van der Waals surface area (Å²) < 4.78 is 7.29. The molecule has 0 fully saturated rings. The SMILES string of the molecule is CCCn1cc(Oc2nccnc2/C(N)=N/O)cn1. The van der Waals surface area contributed by atoms with Gasteiger partial charge in [0.05, 0.1) is 12.4 Å². The fourth-order valence-electron chi connectivity index (χ4n) is 1.48. The van der Waals surface area contributed by atoms with Crippen LogP contribution < -0.4 is 10.5 Å². The van der Waals surface area contributed by atoms with Crippen LogP contribution in [-0.2, 0) is 6.54 Å². The zero-order chi connectivity index (χ0) is 13.7. The van der Waals surface area contributed by atoms with Gasteiger partial charge in [-0.1, -0.05) is 12.1 Å². The predicted octanol–water partition coefficient (Wildman–Crippen LogP) is 0.970. The minimum Gasteiger partial charge on any atom is -0.434 e. The number of amidine groups is 1. The van der Waals surface area contributed by atoms with Gasteiger partial charge in [-0.2, -0.15) is 5.10 Å². The zero-order valence-electron chi connectivity index (χ0n) is 10.4. The van der Waals surface area contributed by atoms with Crippen LogP contribution in [0, 0.1) is 0 Å². The van der Waals surface area contributed by atoms with E-state index in [0.29, 0.717) is 5.75 Å². The van der Waals surface area contributed by atoms with E-state index in [1.54, 1.807) is 17.1 Å². The molecule has 2 rings (SSSR count). The molecule has 100 valence electrons. The second-order valence-corrected chi connectivity index (χ2v) is 3.74. The molecule has 0 aliphatic heterocycles. The highest BCUT2D eigenvalue weighted by Gasteiger charge is 2.12. The van der Waals surface area contributed by atoms with Crippen molar-refractivity contribution >= 4 is 5.84 Å². The molecule has 0 unspecified atom stereocenters. The number of oxime groups is 1. The van der Waals surface area contributed by atoms with E-state index in [2.05, 4.69) is 27.1 Å². The van der Waals surface area contributed by atoms with Crippen molar-refractivity contribution in [1.82, 2.24) is 19.7 Å². The van der Waals surface area contributed by atoms with Gasteiger partial charge in [-0.3, -0.25) is 4.68 Å². The summed E-state index contributed by atoms with van der Waals surface area (Å²) in [5.41, 5.74) is 5.67. The molecule has 19 heavy (non-hydrogen) atoms. The normalized spacial score (nSPS) is 11.5. The third-order valence-electron chi connectivity index (χ3n) is 2.29. The molecule has 3 N–H and O–H groups in total. The summed E-state index contributed by atoms with van der Waals surface area (Å²) in [5.74, 6) is 0.513. The van der Waals surface area contributed by atoms with Crippen LogP contribution in [0.4, 0.5) is 0 Å². The molecule has 0 aliphatic carbocycles. The van der Waals surface area contributed by atoms with E-state index in [0.717, 1.165) is 13.0 Å². The highest BCUT2D eigenvalue weighted by atomic mass is 16.5. The molecule has 8 heteroatoms. The lowest BCUT2D eigenvalue weighted by molar-refractivity contribution is 0.318. The molecule has 0 amide bonds. The molecule has 0 aliphatic rings. The van der Waals surface area contributed by atoms with Gasteiger partial charge < -0.3 is 15.7 Å². The van der Waals surface area contributed by atoms with E-state index >= 15 is 0 Å². The lowest BCUT2D eigenvalue weighted by atomic mass is 10.4. The Labute approximate surface area is 109 Å². The highest BCUT2D eigenvalue weighted by Crippen LogP contribution is 2.20. The summed E-state index contributed by atoms with van der Waals surface area (Å²) in [6, 6.07) is 0. The lowest BCUT2D eigenvalue weighted by Crippen LogP contribution is -2.16. The second kappa shape index (κ2) is 5.80. The molecule has 0 atom stereocenters. The Kier molecular flexibility index (Phi) is 3.91. The van der Waals surface area contributed by atoms with Crippen molar-refractivity contribution in [2.24, 2.45) is 10.9 Å². The summed E-state index contributed by atoms with van der Waals surface area (Å²) >= 11 is 0. The smallest absolute Gasteiger partial charge is 0.249 e. The zero-order valence-corrected chi connectivity index (χ0v) is 10.4. The van der Waals surface area contributed by atoms with Crippen molar-refractivity contribution in [3.05, 3.63) is 30.5 Å². The summed E-state index contributed by atoms with van der Waals surface area (Å²) in [4.78, 5) is 7.96. The van der Waals surface area contributed by atoms with E-state index in [1.807, 2.05) is 0 Å². The molecule has 2 heterocycles. The first-order valence-corrected chi connectivity index (χ1v) is 5.73. The Morgan fingerprint density at radius 3 is 3.00 bits per heavy atom. The van der Waals surface area contributed by atoms with Gasteiger partial charge >= 0.3 is 0 Å². The molecule has 8 nitrogen and oxygen atoms in total. The number of aryl methyl sites for hydroxylation is 1. The third-order valence-corrected chi connectivity index (χ3v) is 2.29. The van der Waals surface area contributed by atoms with Crippen LogP contribution in [0.5, 0.6) is 11.6 Å². The van der Waals surface area contributed by atoms with E-state index in [4.69, 9.17) is 15.7 Å². The number of hydrogen-bond acceptors (Lipinski definition) is 6. The lowest BCUT2D eigenvalue weighted by Gasteiger charge is -2.05. The Bertz CT molecular complexity index is 580. The molecule has 0 saturated heterocycles. The molecule has 0 saturated carbocycles. The molecule has 2 aromatic heterocycles. The summed E-state index contributed by atoms with van der Waals surface area (Å²) in [6.45, 7) is 2.86. The summed E-state index contributed by atoms with van der Waals surface area (Å²) in [7, 11) is 0. The van der Waals surface area contributed by atoms with Crippen LogP contribution >= 0.6 is 0 Å². The van der Waals surface area contributed by atoms with Crippen LogP contribution in [0.3, 0.4) is 0 Å². The van der Waals surface area contributed by atoms with Crippen LogP contribution in [0.15, 0.2) is 29.9 Å². The van der Waals surface area contributed by atoms with Gasteiger partial charge in [0, 0.05) is 18.9 Å². The van der Waals surface area contributed by atoms with E-state index in [9.17, 15) is 0 Å². The van der Waals surface area contributed by atoms with Crippen LogP contribution in [0.2, 0.25) is 0 Å². The predicted molar refractivity (Wildman–Crippen MR) is 67.1 cm³/mol. The van der Waals surface area contributed by atoms with Gasteiger partial charge in [0.15, 0.2) is 17.3 Å². The maximum atomic E-state index is 8.68. The quantitative estimate of drug-likeness (QED) is 0.359. The first-order chi connectivity index (χ1) is 9.24. The van der Waals surface area contributed by atoms with Crippen molar-refractivity contribution in [3.63, 3.8) is 0 Å². The number of rotatable bonds is 5. The average molecular weight is 262 g/mol. The Hall–Kier alpha value is -2.64. The van der Waals surface area contributed by atoms with Crippen LogP contribution in [0.1, 0.15) is 19.0 Å². The minimum absolute atomic E-state index is 0.161. The molecule has 0 radical (unpaired) electrons. The summed E-state index contributed by atoms with van der Waals surface area (Å²) in [6.07, 6.45) is 7.18. The number of nitrogens with zero attached hydrogens (tertiary/aromatic N) is 5. The highest BCUT2D eigenvalue weighted by molar-refractivity contribution is 5.97. The van der Waals surface area contributed by atoms with Crippen molar-refractivity contribution in [1.29, 1.82) is 0 Å². The Morgan fingerprint density at radius 1 is 1.47 bits per heavy atom. The number of nitrogens with two attached hydrogens (primary N) is 1. The molecule has 2 aromatic rings. The van der Waals surface area contributed by atoms with Gasteiger partial charge in [0.2, 0.25) is 5.88 Å². The summed E-state index contributed by atoms with van der Waals surface area (Å²) in [5, 5.41) is 15.7. The Morgan fingerprint density at radius 2 is 2.26 bits per heavy atom. The number of hydrogen-bond donors (Lipinski definition) is 2. The molecular formula is C11H14N6O2. The molecule has 0 bridgehead atoms.